The summed E-state index contributed by atoms with van der Waals surface area (Å²) in [5, 5.41) is 4.14. The molecule has 22 heavy (non-hydrogen) atoms. The first-order valence-electron chi connectivity index (χ1n) is 7.66. The predicted octanol–water partition coefficient (Wildman–Crippen LogP) is 4.20. The number of aromatic nitrogens is 2. The first kappa shape index (κ1) is 14.1. The Morgan fingerprint density at radius 1 is 1.18 bits per heavy atom. The lowest BCUT2D eigenvalue weighted by atomic mass is 9.88. The fourth-order valence-electron chi connectivity index (χ4n) is 3.95. The number of carbonyl (C=O) groups is 1. The molecule has 5 heteroatoms. The maximum atomic E-state index is 11.9. The highest BCUT2D eigenvalue weighted by Crippen LogP contribution is 2.50. The molecule has 1 heterocycles. The van der Waals surface area contributed by atoms with E-state index in [2.05, 4.69) is 52.1 Å². The van der Waals surface area contributed by atoms with Gasteiger partial charge in [-0.05, 0) is 55.9 Å². The zero-order valence-corrected chi connectivity index (χ0v) is 14.2. The highest BCUT2D eigenvalue weighted by Gasteiger charge is 2.48. The molecular formula is C17H17BrN2O2. The van der Waals surface area contributed by atoms with Gasteiger partial charge in [-0.2, -0.15) is 4.98 Å². The van der Waals surface area contributed by atoms with E-state index < -0.39 is 0 Å². The molecule has 0 radical (unpaired) electrons. The van der Waals surface area contributed by atoms with Crippen molar-refractivity contribution in [2.75, 3.05) is 0 Å². The Morgan fingerprint density at radius 2 is 1.86 bits per heavy atom. The number of ketones is 1. The Balaban J connectivity index is 1.66. The molecule has 2 fully saturated rings. The average Bonchev–Trinajstić information content (AvgIpc) is 3.17. The number of rotatable bonds is 2. The zero-order valence-electron chi connectivity index (χ0n) is 12.6. The number of fused-ring (bicyclic) bond motifs is 2. The van der Waals surface area contributed by atoms with Gasteiger partial charge in [0.15, 0.2) is 0 Å². The molecular weight excluding hydrogens is 344 g/mol. The second kappa shape index (κ2) is 5.01. The van der Waals surface area contributed by atoms with Crippen LogP contribution in [0.5, 0.6) is 0 Å². The topological polar surface area (TPSA) is 56.0 Å². The standard InChI is InChI=1S/C17H17BrN2O2/c1-8-3-11(4-9(2)15(8)18)16-19-17(22-20-16)13-6-10-5-12(13)14(21)7-10/h3-4,10,12-13H,5-7H2,1-2H3/t10-,12+,13?/m1/s1. The molecule has 0 N–H and O–H groups in total. The Morgan fingerprint density at radius 3 is 2.50 bits per heavy atom. The molecule has 2 bridgehead atoms. The molecule has 2 aliphatic carbocycles. The summed E-state index contributed by atoms with van der Waals surface area (Å²) in [6.45, 7) is 4.10. The number of Topliss-reactive ketones (excluding diaryl/α,β-unsaturated/α-hetero) is 1. The Hall–Kier alpha value is -1.49. The second-order valence-electron chi connectivity index (χ2n) is 6.60. The molecule has 3 atom stereocenters. The fraction of sp³-hybridized carbons (Fsp3) is 0.471. The van der Waals surface area contributed by atoms with Gasteiger partial charge in [-0.25, -0.2) is 0 Å². The smallest absolute Gasteiger partial charge is 0.230 e. The number of aryl methyl sites for hydroxylation is 2. The molecule has 0 amide bonds. The summed E-state index contributed by atoms with van der Waals surface area (Å²) < 4.78 is 6.60. The van der Waals surface area contributed by atoms with Crippen LogP contribution >= 0.6 is 15.9 Å². The highest BCUT2D eigenvalue weighted by molar-refractivity contribution is 9.10. The van der Waals surface area contributed by atoms with Crippen molar-refractivity contribution in [2.24, 2.45) is 11.8 Å². The summed E-state index contributed by atoms with van der Waals surface area (Å²) in [6, 6.07) is 4.11. The van der Waals surface area contributed by atoms with E-state index in [0.717, 1.165) is 40.4 Å². The van der Waals surface area contributed by atoms with Gasteiger partial charge in [0.25, 0.3) is 0 Å². The SMILES string of the molecule is Cc1cc(-c2noc(C3C[C@@H]4CC(=O)[C@H]3C4)n2)cc(C)c1Br. The summed E-state index contributed by atoms with van der Waals surface area (Å²) >= 11 is 3.57. The van der Waals surface area contributed by atoms with Crippen LogP contribution in [0.3, 0.4) is 0 Å². The van der Waals surface area contributed by atoms with Gasteiger partial charge >= 0.3 is 0 Å². The van der Waals surface area contributed by atoms with Crippen molar-refractivity contribution < 1.29 is 9.32 Å². The summed E-state index contributed by atoms with van der Waals surface area (Å²) in [6.07, 6.45) is 2.75. The highest BCUT2D eigenvalue weighted by atomic mass is 79.9. The minimum Gasteiger partial charge on any atom is -0.339 e. The van der Waals surface area contributed by atoms with Gasteiger partial charge in [0.2, 0.25) is 11.7 Å². The van der Waals surface area contributed by atoms with Crippen LogP contribution < -0.4 is 0 Å². The quantitative estimate of drug-likeness (QED) is 0.805. The van der Waals surface area contributed by atoms with E-state index in [1.165, 1.54) is 0 Å². The van der Waals surface area contributed by atoms with Crippen LogP contribution in [-0.4, -0.2) is 15.9 Å². The molecule has 4 rings (SSSR count). The lowest BCUT2D eigenvalue weighted by Crippen LogP contribution is -2.18. The Kier molecular flexibility index (Phi) is 3.22. The van der Waals surface area contributed by atoms with E-state index in [-0.39, 0.29) is 11.8 Å². The van der Waals surface area contributed by atoms with Crippen LogP contribution in [0.25, 0.3) is 11.4 Å². The van der Waals surface area contributed by atoms with E-state index in [1.54, 1.807) is 0 Å². The summed E-state index contributed by atoms with van der Waals surface area (Å²) in [5.74, 6) is 2.38. The molecule has 2 saturated carbocycles. The van der Waals surface area contributed by atoms with Crippen molar-refractivity contribution in [1.29, 1.82) is 0 Å². The molecule has 0 spiro atoms. The van der Waals surface area contributed by atoms with Crippen molar-refractivity contribution in [2.45, 2.75) is 39.0 Å². The molecule has 2 aliphatic rings. The molecule has 1 aromatic heterocycles. The number of hydrogen-bond acceptors (Lipinski definition) is 4. The van der Waals surface area contributed by atoms with E-state index >= 15 is 0 Å². The molecule has 1 aromatic carbocycles. The van der Waals surface area contributed by atoms with Crippen LogP contribution in [0.4, 0.5) is 0 Å². The fourth-order valence-corrected chi connectivity index (χ4v) is 4.18. The lowest BCUT2D eigenvalue weighted by Gasteiger charge is -2.16. The first-order chi connectivity index (χ1) is 10.5. The normalized spacial score (nSPS) is 26.9. The summed E-state index contributed by atoms with van der Waals surface area (Å²) in [5.41, 5.74) is 3.26. The van der Waals surface area contributed by atoms with Crippen molar-refractivity contribution in [3.8, 4) is 11.4 Å². The Labute approximate surface area is 137 Å². The lowest BCUT2D eigenvalue weighted by molar-refractivity contribution is -0.122. The van der Waals surface area contributed by atoms with Crippen LogP contribution in [0, 0.1) is 25.7 Å². The molecule has 4 nitrogen and oxygen atoms in total. The second-order valence-corrected chi connectivity index (χ2v) is 7.39. The van der Waals surface area contributed by atoms with Gasteiger partial charge in [-0.15, -0.1) is 0 Å². The van der Waals surface area contributed by atoms with Crippen molar-refractivity contribution in [3.63, 3.8) is 0 Å². The number of hydrogen-bond donors (Lipinski definition) is 0. The van der Waals surface area contributed by atoms with Crippen LogP contribution in [0.1, 0.15) is 42.2 Å². The maximum Gasteiger partial charge on any atom is 0.230 e. The monoisotopic (exact) mass is 360 g/mol. The maximum absolute atomic E-state index is 11.9. The van der Waals surface area contributed by atoms with Gasteiger partial charge in [-0.3, -0.25) is 4.79 Å². The third kappa shape index (κ3) is 2.14. The van der Waals surface area contributed by atoms with Crippen molar-refractivity contribution in [3.05, 3.63) is 33.6 Å². The van der Waals surface area contributed by atoms with Crippen LogP contribution in [0.2, 0.25) is 0 Å². The largest absolute Gasteiger partial charge is 0.339 e. The van der Waals surface area contributed by atoms with E-state index in [9.17, 15) is 4.79 Å². The van der Waals surface area contributed by atoms with Crippen LogP contribution in [0.15, 0.2) is 21.1 Å². The number of benzene rings is 1. The summed E-state index contributed by atoms with van der Waals surface area (Å²) in [7, 11) is 0. The number of halogens is 1. The van der Waals surface area contributed by atoms with Crippen LogP contribution in [-0.2, 0) is 4.79 Å². The first-order valence-corrected chi connectivity index (χ1v) is 8.45. The Bertz CT molecular complexity index is 745. The zero-order chi connectivity index (χ0) is 15.4. The van der Waals surface area contributed by atoms with Crippen molar-refractivity contribution in [1.82, 2.24) is 10.1 Å². The van der Waals surface area contributed by atoms with Gasteiger partial charge in [0.05, 0.1) is 0 Å². The molecule has 2 aromatic rings. The molecule has 114 valence electrons. The minimum atomic E-state index is 0.103. The predicted molar refractivity (Wildman–Crippen MR) is 85.5 cm³/mol. The summed E-state index contributed by atoms with van der Waals surface area (Å²) in [4.78, 5) is 16.5. The molecule has 0 aliphatic heterocycles. The molecule has 0 saturated heterocycles. The van der Waals surface area contributed by atoms with Gasteiger partial charge in [0, 0.05) is 28.3 Å². The third-order valence-corrected chi connectivity index (χ3v) is 6.27. The number of carbonyl (C=O) groups excluding carboxylic acids is 1. The molecule has 1 unspecified atom stereocenters. The minimum absolute atomic E-state index is 0.103. The van der Waals surface area contributed by atoms with E-state index in [4.69, 9.17) is 4.52 Å². The van der Waals surface area contributed by atoms with Gasteiger partial charge in [0.1, 0.15) is 5.78 Å². The van der Waals surface area contributed by atoms with Crippen molar-refractivity contribution >= 4 is 21.7 Å². The van der Waals surface area contributed by atoms with Gasteiger partial charge < -0.3 is 4.52 Å². The number of nitrogens with zero attached hydrogens (tertiary/aromatic N) is 2. The van der Waals surface area contributed by atoms with E-state index in [0.29, 0.717) is 23.4 Å². The van der Waals surface area contributed by atoms with E-state index in [1.807, 2.05) is 0 Å². The average molecular weight is 361 g/mol. The third-order valence-electron chi connectivity index (χ3n) is 5.02. The van der Waals surface area contributed by atoms with Gasteiger partial charge in [-0.1, -0.05) is 21.1 Å².